The standard InChI is InChI=1S/C19H19Cl2N3O2S/c20-13-5-6-14(15(21)8-13)16-10-27-19(22-16)23-17(25)12-2-1-7-24(9-12)18(26)11-3-4-11/h5-6,8,10-12H,1-4,7,9H2,(H,22,23,25). The molecular weight excluding hydrogens is 405 g/mol. The Morgan fingerprint density at radius 2 is 2.00 bits per heavy atom. The molecule has 1 unspecified atom stereocenters. The van der Waals surface area contributed by atoms with Crippen molar-refractivity contribution in [2.24, 2.45) is 11.8 Å². The number of likely N-dealkylation sites (tertiary alicyclic amines) is 1. The number of aromatic nitrogens is 1. The summed E-state index contributed by atoms with van der Waals surface area (Å²) in [6.07, 6.45) is 3.63. The van der Waals surface area contributed by atoms with Gasteiger partial charge in [-0.3, -0.25) is 9.59 Å². The topological polar surface area (TPSA) is 62.3 Å². The Morgan fingerprint density at radius 3 is 2.74 bits per heavy atom. The van der Waals surface area contributed by atoms with Crippen LogP contribution in [-0.2, 0) is 9.59 Å². The molecule has 27 heavy (non-hydrogen) atoms. The maximum Gasteiger partial charge on any atom is 0.231 e. The fraction of sp³-hybridized carbons (Fsp3) is 0.421. The molecule has 4 rings (SSSR count). The normalized spacial score (nSPS) is 19.8. The molecule has 8 heteroatoms. The number of hydrogen-bond donors (Lipinski definition) is 1. The van der Waals surface area contributed by atoms with Gasteiger partial charge in [0.25, 0.3) is 0 Å². The van der Waals surface area contributed by atoms with Crippen LogP contribution in [0.25, 0.3) is 11.3 Å². The lowest BCUT2D eigenvalue weighted by Crippen LogP contribution is -2.44. The van der Waals surface area contributed by atoms with Crippen molar-refractivity contribution < 1.29 is 9.59 Å². The van der Waals surface area contributed by atoms with Crippen LogP contribution in [0.5, 0.6) is 0 Å². The van der Waals surface area contributed by atoms with E-state index in [1.54, 1.807) is 12.1 Å². The number of carbonyl (C=O) groups is 2. The lowest BCUT2D eigenvalue weighted by molar-refractivity contribution is -0.135. The van der Waals surface area contributed by atoms with Gasteiger partial charge < -0.3 is 10.2 Å². The van der Waals surface area contributed by atoms with Crippen LogP contribution in [0.2, 0.25) is 10.0 Å². The van der Waals surface area contributed by atoms with E-state index in [0.29, 0.717) is 27.4 Å². The van der Waals surface area contributed by atoms with Gasteiger partial charge in [0.1, 0.15) is 0 Å². The number of piperidine rings is 1. The molecule has 2 amide bonds. The predicted octanol–water partition coefficient (Wildman–Crippen LogP) is 4.70. The Bertz CT molecular complexity index is 882. The number of carbonyl (C=O) groups excluding carboxylic acids is 2. The summed E-state index contributed by atoms with van der Waals surface area (Å²) in [5.41, 5.74) is 1.47. The molecule has 1 aromatic heterocycles. The van der Waals surface area contributed by atoms with E-state index in [-0.39, 0.29) is 23.7 Å². The number of benzene rings is 1. The molecule has 1 atom stereocenters. The first kappa shape index (κ1) is 18.7. The number of halogens is 2. The molecule has 1 N–H and O–H groups in total. The second-order valence-electron chi connectivity index (χ2n) is 7.05. The first-order valence-corrected chi connectivity index (χ1v) is 10.7. The largest absolute Gasteiger partial charge is 0.342 e. The zero-order valence-electron chi connectivity index (χ0n) is 14.6. The fourth-order valence-electron chi connectivity index (χ4n) is 3.34. The maximum atomic E-state index is 12.7. The summed E-state index contributed by atoms with van der Waals surface area (Å²) in [7, 11) is 0. The van der Waals surface area contributed by atoms with Gasteiger partial charge in [-0.25, -0.2) is 4.98 Å². The quantitative estimate of drug-likeness (QED) is 0.774. The van der Waals surface area contributed by atoms with Crippen LogP contribution in [-0.4, -0.2) is 34.8 Å². The molecule has 2 aromatic rings. The molecule has 2 aliphatic rings. The van der Waals surface area contributed by atoms with Gasteiger partial charge in [0.2, 0.25) is 11.8 Å². The van der Waals surface area contributed by atoms with Crippen LogP contribution in [0, 0.1) is 11.8 Å². The Kier molecular flexibility index (Phi) is 5.39. The van der Waals surface area contributed by atoms with E-state index in [9.17, 15) is 9.59 Å². The van der Waals surface area contributed by atoms with Gasteiger partial charge in [0, 0.05) is 35.0 Å². The van der Waals surface area contributed by atoms with Crippen LogP contribution < -0.4 is 5.32 Å². The molecule has 0 bridgehead atoms. The minimum atomic E-state index is -0.187. The number of rotatable bonds is 4. The highest BCUT2D eigenvalue weighted by Crippen LogP contribution is 2.34. The predicted molar refractivity (Wildman–Crippen MR) is 108 cm³/mol. The van der Waals surface area contributed by atoms with E-state index in [4.69, 9.17) is 23.2 Å². The van der Waals surface area contributed by atoms with Gasteiger partial charge in [-0.2, -0.15) is 0 Å². The molecule has 2 fully saturated rings. The van der Waals surface area contributed by atoms with Gasteiger partial charge in [0.15, 0.2) is 5.13 Å². The third kappa shape index (κ3) is 4.28. The highest BCUT2D eigenvalue weighted by atomic mass is 35.5. The molecule has 2 heterocycles. The summed E-state index contributed by atoms with van der Waals surface area (Å²) >= 11 is 13.5. The third-order valence-electron chi connectivity index (χ3n) is 4.97. The van der Waals surface area contributed by atoms with Crippen molar-refractivity contribution in [2.45, 2.75) is 25.7 Å². The zero-order valence-corrected chi connectivity index (χ0v) is 16.9. The second-order valence-corrected chi connectivity index (χ2v) is 8.75. The summed E-state index contributed by atoms with van der Waals surface area (Å²) in [4.78, 5) is 31.2. The van der Waals surface area contributed by atoms with E-state index in [2.05, 4.69) is 10.3 Å². The van der Waals surface area contributed by atoms with Crippen LogP contribution in [0.3, 0.4) is 0 Å². The highest BCUT2D eigenvalue weighted by molar-refractivity contribution is 7.14. The van der Waals surface area contributed by atoms with Crippen LogP contribution in [0.4, 0.5) is 5.13 Å². The molecular formula is C19H19Cl2N3O2S. The Balaban J connectivity index is 1.41. The smallest absolute Gasteiger partial charge is 0.231 e. The van der Waals surface area contributed by atoms with Crippen LogP contribution >= 0.6 is 34.5 Å². The summed E-state index contributed by atoms with van der Waals surface area (Å²) in [5, 5.41) is 6.37. The minimum Gasteiger partial charge on any atom is -0.342 e. The molecule has 1 aromatic carbocycles. The number of amides is 2. The molecule has 1 saturated heterocycles. The van der Waals surface area contributed by atoms with Crippen molar-refractivity contribution in [3.63, 3.8) is 0 Å². The minimum absolute atomic E-state index is 0.0774. The highest BCUT2D eigenvalue weighted by Gasteiger charge is 2.36. The van der Waals surface area contributed by atoms with Gasteiger partial charge in [-0.05, 0) is 43.9 Å². The van der Waals surface area contributed by atoms with E-state index in [1.165, 1.54) is 11.3 Å². The van der Waals surface area contributed by atoms with Crippen LogP contribution in [0.15, 0.2) is 23.6 Å². The van der Waals surface area contributed by atoms with Gasteiger partial charge in [-0.15, -0.1) is 11.3 Å². The number of hydrogen-bond acceptors (Lipinski definition) is 4. The molecule has 142 valence electrons. The van der Waals surface area contributed by atoms with Crippen molar-refractivity contribution in [3.8, 4) is 11.3 Å². The molecule has 0 spiro atoms. The van der Waals surface area contributed by atoms with Crippen LogP contribution in [0.1, 0.15) is 25.7 Å². The summed E-state index contributed by atoms with van der Waals surface area (Å²) in [5.74, 6) is 0.137. The first-order valence-electron chi connectivity index (χ1n) is 9.02. The van der Waals surface area contributed by atoms with Gasteiger partial charge >= 0.3 is 0 Å². The zero-order chi connectivity index (χ0) is 19.0. The summed E-state index contributed by atoms with van der Waals surface area (Å²) < 4.78 is 0. The molecule has 1 aliphatic heterocycles. The van der Waals surface area contributed by atoms with E-state index in [1.807, 2.05) is 16.3 Å². The fourth-order valence-corrected chi connectivity index (χ4v) is 4.56. The number of anilines is 1. The maximum absolute atomic E-state index is 12.7. The molecule has 0 radical (unpaired) electrons. The Morgan fingerprint density at radius 1 is 1.19 bits per heavy atom. The average molecular weight is 424 g/mol. The van der Waals surface area contributed by atoms with Gasteiger partial charge in [-0.1, -0.05) is 23.2 Å². The second kappa shape index (κ2) is 7.78. The van der Waals surface area contributed by atoms with Crippen molar-refractivity contribution in [1.29, 1.82) is 0 Å². The lowest BCUT2D eigenvalue weighted by atomic mass is 9.97. The molecule has 1 saturated carbocycles. The lowest BCUT2D eigenvalue weighted by Gasteiger charge is -2.32. The monoisotopic (exact) mass is 423 g/mol. The van der Waals surface area contributed by atoms with Crippen molar-refractivity contribution in [2.75, 3.05) is 18.4 Å². The molecule has 1 aliphatic carbocycles. The number of nitrogens with one attached hydrogen (secondary N) is 1. The van der Waals surface area contributed by atoms with E-state index < -0.39 is 0 Å². The molecule has 5 nitrogen and oxygen atoms in total. The van der Waals surface area contributed by atoms with E-state index >= 15 is 0 Å². The van der Waals surface area contributed by atoms with Gasteiger partial charge in [0.05, 0.1) is 16.6 Å². The first-order chi connectivity index (χ1) is 13.0. The van der Waals surface area contributed by atoms with Crippen molar-refractivity contribution in [1.82, 2.24) is 9.88 Å². The number of thiazole rings is 1. The van der Waals surface area contributed by atoms with Crippen molar-refractivity contribution in [3.05, 3.63) is 33.6 Å². The third-order valence-corrected chi connectivity index (χ3v) is 6.28. The van der Waals surface area contributed by atoms with Crippen molar-refractivity contribution >= 4 is 51.5 Å². The summed E-state index contributed by atoms with van der Waals surface area (Å²) in [6.45, 7) is 1.26. The SMILES string of the molecule is O=C(Nc1nc(-c2ccc(Cl)cc2Cl)cs1)C1CCCN(C(=O)C2CC2)C1. The Hall–Kier alpha value is -1.63. The number of nitrogens with zero attached hydrogens (tertiary/aromatic N) is 2. The average Bonchev–Trinajstić information content (AvgIpc) is 3.41. The summed E-state index contributed by atoms with van der Waals surface area (Å²) in [6, 6.07) is 5.24. The van der Waals surface area contributed by atoms with E-state index in [0.717, 1.165) is 37.8 Å². The Labute approximate surface area is 171 Å².